The van der Waals surface area contributed by atoms with Crippen LogP contribution >= 0.6 is 0 Å². The highest BCUT2D eigenvalue weighted by Gasteiger charge is 2.38. The second kappa shape index (κ2) is 6.72. The van der Waals surface area contributed by atoms with Crippen LogP contribution in [0.2, 0.25) is 0 Å². The van der Waals surface area contributed by atoms with Crippen molar-refractivity contribution in [2.75, 3.05) is 46.9 Å². The molecular weight excluding hydrogens is 212 g/mol. The second-order valence-corrected chi connectivity index (χ2v) is 6.05. The molecule has 3 atom stereocenters. The minimum absolute atomic E-state index is 0.850. The van der Waals surface area contributed by atoms with Crippen molar-refractivity contribution in [1.29, 1.82) is 0 Å². The van der Waals surface area contributed by atoms with E-state index in [1.54, 1.807) is 0 Å². The third-order valence-corrected chi connectivity index (χ3v) is 4.40. The number of ether oxygens (including phenoxy) is 1. The van der Waals surface area contributed by atoms with Crippen LogP contribution in [0.15, 0.2) is 0 Å². The number of hydrogen-bond acceptors (Lipinski definition) is 3. The lowest BCUT2D eigenvalue weighted by molar-refractivity contribution is 0.118. The molecule has 0 amide bonds. The molecule has 3 heteroatoms. The fourth-order valence-corrected chi connectivity index (χ4v) is 3.41. The summed E-state index contributed by atoms with van der Waals surface area (Å²) in [6.07, 6.45) is 6.01. The number of nitrogens with one attached hydrogen (secondary N) is 1. The lowest BCUT2D eigenvalue weighted by Gasteiger charge is -2.21. The fraction of sp³-hybridized carbons (Fsp3) is 1.00. The molecule has 0 saturated heterocycles. The van der Waals surface area contributed by atoms with Gasteiger partial charge in [-0.15, -0.1) is 0 Å². The first kappa shape index (κ1) is 13.3. The summed E-state index contributed by atoms with van der Waals surface area (Å²) in [5.74, 6) is 3.08. The Bertz CT molecular complexity index is 220. The monoisotopic (exact) mass is 240 g/mol. The predicted octanol–water partition coefficient (Wildman–Crippen LogP) is 1.59. The van der Waals surface area contributed by atoms with Gasteiger partial charge in [0.15, 0.2) is 0 Å². The summed E-state index contributed by atoms with van der Waals surface area (Å²) in [6.45, 7) is 4.96. The van der Waals surface area contributed by atoms with Crippen molar-refractivity contribution in [2.24, 2.45) is 17.8 Å². The molecule has 1 N–H and O–H groups in total. The molecule has 2 aliphatic rings. The SMILES string of the molecule is CN(C)CCOCCNCC1CC2CCC1C2. The van der Waals surface area contributed by atoms with Gasteiger partial charge >= 0.3 is 0 Å². The van der Waals surface area contributed by atoms with Crippen LogP contribution < -0.4 is 5.32 Å². The van der Waals surface area contributed by atoms with E-state index >= 15 is 0 Å². The Balaban J connectivity index is 1.42. The van der Waals surface area contributed by atoms with E-state index in [0.29, 0.717) is 0 Å². The lowest BCUT2D eigenvalue weighted by Crippen LogP contribution is -2.29. The Morgan fingerprint density at radius 2 is 2.06 bits per heavy atom. The first-order valence-electron chi connectivity index (χ1n) is 7.19. The van der Waals surface area contributed by atoms with Gasteiger partial charge in [0.1, 0.15) is 0 Å². The first-order chi connectivity index (χ1) is 8.25. The number of nitrogens with zero attached hydrogens (tertiary/aromatic N) is 1. The predicted molar refractivity (Wildman–Crippen MR) is 71.2 cm³/mol. The van der Waals surface area contributed by atoms with Crippen LogP contribution in [0.1, 0.15) is 25.7 Å². The Morgan fingerprint density at radius 1 is 1.18 bits per heavy atom. The van der Waals surface area contributed by atoms with Gasteiger partial charge in [-0.3, -0.25) is 0 Å². The summed E-state index contributed by atoms with van der Waals surface area (Å²) in [6, 6.07) is 0. The molecule has 2 aliphatic carbocycles. The van der Waals surface area contributed by atoms with E-state index in [4.69, 9.17) is 4.74 Å². The van der Waals surface area contributed by atoms with E-state index < -0.39 is 0 Å². The number of fused-ring (bicyclic) bond motifs is 2. The van der Waals surface area contributed by atoms with Gasteiger partial charge in [-0.2, -0.15) is 0 Å². The van der Waals surface area contributed by atoms with Crippen LogP contribution in [0.4, 0.5) is 0 Å². The molecule has 2 rings (SSSR count). The maximum atomic E-state index is 5.57. The molecule has 3 nitrogen and oxygen atoms in total. The second-order valence-electron chi connectivity index (χ2n) is 6.05. The third-order valence-electron chi connectivity index (χ3n) is 4.40. The van der Waals surface area contributed by atoms with Crippen molar-refractivity contribution in [2.45, 2.75) is 25.7 Å². The van der Waals surface area contributed by atoms with Crippen molar-refractivity contribution in [3.05, 3.63) is 0 Å². The van der Waals surface area contributed by atoms with Gasteiger partial charge in [0.25, 0.3) is 0 Å². The smallest absolute Gasteiger partial charge is 0.0593 e. The fourth-order valence-electron chi connectivity index (χ4n) is 3.41. The Kier molecular flexibility index (Phi) is 5.26. The Hall–Kier alpha value is -0.120. The molecule has 17 heavy (non-hydrogen) atoms. The van der Waals surface area contributed by atoms with Gasteiger partial charge in [-0.05, 0) is 57.7 Å². The van der Waals surface area contributed by atoms with E-state index in [1.807, 2.05) is 0 Å². The van der Waals surface area contributed by atoms with Crippen LogP contribution in [-0.4, -0.2) is 51.8 Å². The number of hydrogen-bond donors (Lipinski definition) is 1. The quantitative estimate of drug-likeness (QED) is 0.652. The molecule has 2 bridgehead atoms. The van der Waals surface area contributed by atoms with Crippen molar-refractivity contribution in [3.8, 4) is 0 Å². The van der Waals surface area contributed by atoms with Crippen LogP contribution in [0.3, 0.4) is 0 Å². The number of rotatable bonds is 8. The van der Waals surface area contributed by atoms with Crippen LogP contribution in [-0.2, 0) is 4.74 Å². The van der Waals surface area contributed by atoms with Gasteiger partial charge in [0.2, 0.25) is 0 Å². The van der Waals surface area contributed by atoms with Gasteiger partial charge < -0.3 is 15.0 Å². The van der Waals surface area contributed by atoms with Crippen molar-refractivity contribution >= 4 is 0 Å². The molecule has 0 radical (unpaired) electrons. The molecule has 2 saturated carbocycles. The minimum atomic E-state index is 0.850. The van der Waals surface area contributed by atoms with Gasteiger partial charge in [0.05, 0.1) is 13.2 Å². The molecule has 2 fully saturated rings. The largest absolute Gasteiger partial charge is 0.379 e. The summed E-state index contributed by atoms with van der Waals surface area (Å²) in [5, 5.41) is 3.56. The maximum absolute atomic E-state index is 5.57. The average Bonchev–Trinajstić information content (AvgIpc) is 2.89. The van der Waals surface area contributed by atoms with Crippen molar-refractivity contribution < 1.29 is 4.74 Å². The normalized spacial score (nSPS) is 31.6. The van der Waals surface area contributed by atoms with Gasteiger partial charge in [-0.25, -0.2) is 0 Å². The van der Waals surface area contributed by atoms with Crippen molar-refractivity contribution in [3.63, 3.8) is 0 Å². The molecular formula is C14H28N2O. The standard InChI is InChI=1S/C14H28N2O/c1-16(2)6-8-17-7-5-15-11-14-10-12-3-4-13(14)9-12/h12-15H,3-11H2,1-2H3. The first-order valence-corrected chi connectivity index (χ1v) is 7.19. The molecule has 0 heterocycles. The Labute approximate surface area is 106 Å². The topological polar surface area (TPSA) is 24.5 Å². The molecule has 0 aliphatic heterocycles. The summed E-state index contributed by atoms with van der Waals surface area (Å²) in [4.78, 5) is 2.16. The zero-order chi connectivity index (χ0) is 12.1. The molecule has 0 aromatic carbocycles. The van der Waals surface area contributed by atoms with Crippen LogP contribution in [0.25, 0.3) is 0 Å². The summed E-state index contributed by atoms with van der Waals surface area (Å²) < 4.78 is 5.57. The molecule has 100 valence electrons. The highest BCUT2D eigenvalue weighted by atomic mass is 16.5. The highest BCUT2D eigenvalue weighted by Crippen LogP contribution is 2.47. The van der Waals surface area contributed by atoms with E-state index in [-0.39, 0.29) is 0 Å². The zero-order valence-corrected chi connectivity index (χ0v) is 11.5. The average molecular weight is 240 g/mol. The van der Waals surface area contributed by atoms with Crippen molar-refractivity contribution in [1.82, 2.24) is 10.2 Å². The van der Waals surface area contributed by atoms with E-state index in [2.05, 4.69) is 24.3 Å². The van der Waals surface area contributed by atoms with Crippen LogP contribution in [0, 0.1) is 17.8 Å². The van der Waals surface area contributed by atoms with E-state index in [1.165, 1.54) is 32.2 Å². The molecule has 3 unspecified atom stereocenters. The van der Waals surface area contributed by atoms with Gasteiger partial charge in [0, 0.05) is 13.1 Å². The highest BCUT2D eigenvalue weighted by molar-refractivity contribution is 4.90. The van der Waals surface area contributed by atoms with Gasteiger partial charge in [-0.1, -0.05) is 6.42 Å². The zero-order valence-electron chi connectivity index (χ0n) is 11.5. The molecule has 0 aromatic heterocycles. The Morgan fingerprint density at radius 3 is 2.71 bits per heavy atom. The molecule has 0 spiro atoms. The third kappa shape index (κ3) is 4.23. The minimum Gasteiger partial charge on any atom is -0.379 e. The van der Waals surface area contributed by atoms with E-state index in [9.17, 15) is 0 Å². The molecule has 0 aromatic rings. The summed E-state index contributed by atoms with van der Waals surface area (Å²) >= 11 is 0. The summed E-state index contributed by atoms with van der Waals surface area (Å²) in [7, 11) is 4.16. The summed E-state index contributed by atoms with van der Waals surface area (Å²) in [5.41, 5.74) is 0. The maximum Gasteiger partial charge on any atom is 0.0593 e. The number of likely N-dealkylation sites (N-methyl/N-ethyl adjacent to an activating group) is 1. The van der Waals surface area contributed by atoms with E-state index in [0.717, 1.165) is 44.1 Å². The lowest BCUT2D eigenvalue weighted by atomic mass is 9.89. The van der Waals surface area contributed by atoms with Crippen LogP contribution in [0.5, 0.6) is 0 Å².